The van der Waals surface area contributed by atoms with Gasteiger partial charge in [0, 0.05) is 44.8 Å². The van der Waals surface area contributed by atoms with E-state index in [4.69, 9.17) is 25.7 Å². The van der Waals surface area contributed by atoms with Gasteiger partial charge in [0.05, 0.1) is 39.1 Å². The summed E-state index contributed by atoms with van der Waals surface area (Å²) in [6.45, 7) is 8.61. The third kappa shape index (κ3) is 24.3. The Bertz CT molecular complexity index is 161. The molecule has 0 aromatic rings. The minimum atomic E-state index is 0. The molecule has 0 aliphatic rings. The molecule has 19 heavy (non-hydrogen) atoms. The molecule has 3 unspecified atom stereocenters. The van der Waals surface area contributed by atoms with E-state index in [1.165, 1.54) is 0 Å². The van der Waals surface area contributed by atoms with Crippen LogP contribution in [0.15, 0.2) is 0 Å². The molecule has 4 N–H and O–H groups in total. The Balaban J connectivity index is -0.000000375. The van der Waals surface area contributed by atoms with Gasteiger partial charge in [0.2, 0.25) is 0 Å². The first-order valence-electron chi connectivity index (χ1n) is 5.80. The predicted octanol–water partition coefficient (Wildman–Crippen LogP) is 1.39. The maximum atomic E-state index is 5.55. The molecule has 117 valence electrons. The summed E-state index contributed by atoms with van der Waals surface area (Å²) >= 11 is 0. The molecule has 0 aromatic carbocycles. The van der Waals surface area contributed by atoms with Gasteiger partial charge in [-0.15, -0.1) is 0 Å². The van der Waals surface area contributed by atoms with Gasteiger partial charge in [0.1, 0.15) is 0 Å². The molecule has 0 amide bonds. The Morgan fingerprint density at radius 2 is 1.26 bits per heavy atom. The Morgan fingerprint density at radius 3 is 1.74 bits per heavy atom. The van der Waals surface area contributed by atoms with E-state index in [1.54, 1.807) is 0 Å². The molecular formula is C13H34N2O3Y. The Morgan fingerprint density at radius 1 is 0.789 bits per heavy atom. The number of nitrogens with two attached hydrogens (primary N) is 2. The van der Waals surface area contributed by atoms with Crippen LogP contribution in [-0.4, -0.2) is 51.2 Å². The van der Waals surface area contributed by atoms with Crippen LogP contribution < -0.4 is 11.5 Å². The van der Waals surface area contributed by atoms with E-state index in [0.29, 0.717) is 33.0 Å². The molecule has 0 rings (SSSR count). The second-order valence-corrected chi connectivity index (χ2v) is 4.25. The van der Waals surface area contributed by atoms with Crippen LogP contribution >= 0.6 is 0 Å². The summed E-state index contributed by atoms with van der Waals surface area (Å²) in [4.78, 5) is 0. The quantitative estimate of drug-likeness (QED) is 0.579. The minimum Gasteiger partial charge on any atom is -0.377 e. The largest absolute Gasteiger partial charge is 0.377 e. The fraction of sp³-hybridized carbons (Fsp3) is 1.00. The van der Waals surface area contributed by atoms with Gasteiger partial charge in [-0.2, -0.15) is 0 Å². The fourth-order valence-electron chi connectivity index (χ4n) is 1.05. The van der Waals surface area contributed by atoms with Crippen LogP contribution in [0.4, 0.5) is 0 Å². The number of ether oxygens (including phenoxy) is 3. The molecule has 0 saturated carbocycles. The SMILES string of the molecule is C.C.CC(N)COCCOC(C)COCC(C)N.[Y]. The summed E-state index contributed by atoms with van der Waals surface area (Å²) in [5.74, 6) is 0. The van der Waals surface area contributed by atoms with E-state index in [-0.39, 0.29) is 65.8 Å². The molecule has 3 atom stereocenters. The summed E-state index contributed by atoms with van der Waals surface area (Å²) < 4.78 is 16.1. The topological polar surface area (TPSA) is 79.7 Å². The first-order valence-corrected chi connectivity index (χ1v) is 5.80. The number of hydrogen-bond acceptors (Lipinski definition) is 5. The first-order chi connectivity index (χ1) is 7.52. The standard InChI is InChI=1S/C11H26N2O3.2CH4.Y/c1-9(12)6-14-4-5-16-11(3)8-15-7-10(2)13;;;/h9-11H,4-8,12-13H2,1-3H3;2*1H4;. The molecule has 5 nitrogen and oxygen atoms in total. The Kier molecular flexibility index (Phi) is 28.0. The molecule has 0 spiro atoms. The van der Waals surface area contributed by atoms with Crippen LogP contribution in [-0.2, 0) is 46.9 Å². The van der Waals surface area contributed by atoms with Crippen molar-refractivity contribution in [2.75, 3.05) is 33.0 Å². The van der Waals surface area contributed by atoms with Crippen molar-refractivity contribution in [2.24, 2.45) is 11.5 Å². The summed E-state index contributed by atoms with van der Waals surface area (Å²) in [6, 6.07) is 0.147. The molecule has 0 aliphatic carbocycles. The van der Waals surface area contributed by atoms with E-state index in [0.717, 1.165) is 0 Å². The van der Waals surface area contributed by atoms with Crippen molar-refractivity contribution in [3.05, 3.63) is 0 Å². The molecule has 1 radical (unpaired) electrons. The average Bonchev–Trinajstić information content (AvgIpc) is 2.16. The summed E-state index contributed by atoms with van der Waals surface area (Å²) in [7, 11) is 0. The van der Waals surface area contributed by atoms with Crippen molar-refractivity contribution in [3.63, 3.8) is 0 Å². The average molecular weight is 355 g/mol. The monoisotopic (exact) mass is 355 g/mol. The van der Waals surface area contributed by atoms with E-state index in [1.807, 2.05) is 20.8 Å². The van der Waals surface area contributed by atoms with Gasteiger partial charge in [-0.1, -0.05) is 14.9 Å². The van der Waals surface area contributed by atoms with Gasteiger partial charge in [0.25, 0.3) is 0 Å². The second-order valence-electron chi connectivity index (χ2n) is 4.25. The van der Waals surface area contributed by atoms with Crippen molar-refractivity contribution in [1.82, 2.24) is 0 Å². The Labute approximate surface area is 145 Å². The van der Waals surface area contributed by atoms with Gasteiger partial charge < -0.3 is 25.7 Å². The fourth-order valence-corrected chi connectivity index (χ4v) is 1.05. The second kappa shape index (κ2) is 18.9. The van der Waals surface area contributed by atoms with Gasteiger partial charge in [-0.05, 0) is 20.8 Å². The Hall–Kier alpha value is 0.904. The zero-order chi connectivity index (χ0) is 12.4. The van der Waals surface area contributed by atoms with Crippen LogP contribution in [0.2, 0.25) is 0 Å². The summed E-state index contributed by atoms with van der Waals surface area (Å²) in [6.07, 6.45) is 0.0673. The molecule has 0 bridgehead atoms. The molecule has 0 aromatic heterocycles. The van der Waals surface area contributed by atoms with Crippen molar-refractivity contribution >= 4 is 0 Å². The van der Waals surface area contributed by atoms with Crippen molar-refractivity contribution < 1.29 is 46.9 Å². The van der Waals surface area contributed by atoms with E-state index in [9.17, 15) is 0 Å². The van der Waals surface area contributed by atoms with Crippen LogP contribution in [0, 0.1) is 0 Å². The van der Waals surface area contributed by atoms with Crippen molar-refractivity contribution in [2.45, 2.75) is 53.8 Å². The van der Waals surface area contributed by atoms with E-state index in [2.05, 4.69) is 0 Å². The molecule has 6 heteroatoms. The third-order valence-corrected chi connectivity index (χ3v) is 1.74. The van der Waals surface area contributed by atoms with Gasteiger partial charge in [0.15, 0.2) is 0 Å². The molecular weight excluding hydrogens is 321 g/mol. The predicted molar refractivity (Wildman–Crippen MR) is 77.8 cm³/mol. The first kappa shape index (κ1) is 28.1. The maximum absolute atomic E-state index is 5.55. The van der Waals surface area contributed by atoms with Crippen molar-refractivity contribution in [1.29, 1.82) is 0 Å². The summed E-state index contributed by atoms with van der Waals surface area (Å²) in [5, 5.41) is 0. The summed E-state index contributed by atoms with van der Waals surface area (Å²) in [5.41, 5.74) is 11.1. The molecule has 0 saturated heterocycles. The molecule has 0 aliphatic heterocycles. The molecule has 0 heterocycles. The molecule has 0 fully saturated rings. The van der Waals surface area contributed by atoms with Crippen LogP contribution in [0.25, 0.3) is 0 Å². The van der Waals surface area contributed by atoms with E-state index < -0.39 is 0 Å². The number of hydrogen-bond donors (Lipinski definition) is 2. The smallest absolute Gasteiger partial charge is 0.0781 e. The normalized spacial score (nSPS) is 14.4. The maximum Gasteiger partial charge on any atom is 0.0781 e. The van der Waals surface area contributed by atoms with E-state index >= 15 is 0 Å². The third-order valence-electron chi connectivity index (χ3n) is 1.74. The zero-order valence-corrected chi connectivity index (χ0v) is 14.1. The number of rotatable bonds is 10. The van der Waals surface area contributed by atoms with Crippen LogP contribution in [0.3, 0.4) is 0 Å². The minimum absolute atomic E-state index is 0. The van der Waals surface area contributed by atoms with Gasteiger partial charge in [-0.25, -0.2) is 0 Å². The van der Waals surface area contributed by atoms with Crippen molar-refractivity contribution in [3.8, 4) is 0 Å². The van der Waals surface area contributed by atoms with Crippen LogP contribution in [0.5, 0.6) is 0 Å². The van der Waals surface area contributed by atoms with Gasteiger partial charge >= 0.3 is 0 Å². The van der Waals surface area contributed by atoms with Gasteiger partial charge in [-0.3, -0.25) is 0 Å². The zero-order valence-electron chi connectivity index (χ0n) is 11.2. The van der Waals surface area contributed by atoms with Crippen LogP contribution in [0.1, 0.15) is 35.6 Å².